The minimum atomic E-state index is 0.400. The molecular formula is C19H29N5O. The summed E-state index contributed by atoms with van der Waals surface area (Å²) in [7, 11) is 0. The number of hydrogen-bond acceptors (Lipinski definition) is 5. The molecule has 0 saturated carbocycles. The fraction of sp³-hybridized carbons (Fsp3) is 0.684. The number of anilines is 1. The molecule has 0 radical (unpaired) electrons. The summed E-state index contributed by atoms with van der Waals surface area (Å²) in [5, 5.41) is 4.62. The molecule has 25 heavy (non-hydrogen) atoms. The van der Waals surface area contributed by atoms with Gasteiger partial charge in [0.05, 0.1) is 18.4 Å². The van der Waals surface area contributed by atoms with Crippen LogP contribution in [0.2, 0.25) is 0 Å². The van der Waals surface area contributed by atoms with E-state index in [4.69, 9.17) is 4.74 Å². The Morgan fingerprint density at radius 3 is 2.56 bits per heavy atom. The highest BCUT2D eigenvalue weighted by molar-refractivity contribution is 5.52. The summed E-state index contributed by atoms with van der Waals surface area (Å²) >= 11 is 0. The van der Waals surface area contributed by atoms with Gasteiger partial charge in [-0.15, -0.1) is 0 Å². The Hall–Kier alpha value is -1.66. The van der Waals surface area contributed by atoms with Crippen molar-refractivity contribution in [3.05, 3.63) is 23.5 Å². The second kappa shape index (κ2) is 7.30. The molecule has 0 atom stereocenters. The molecule has 2 saturated heterocycles. The van der Waals surface area contributed by atoms with E-state index in [0.29, 0.717) is 6.10 Å². The predicted octanol–water partition coefficient (Wildman–Crippen LogP) is 2.43. The number of likely N-dealkylation sites (tertiary alicyclic amines) is 1. The first-order valence-corrected chi connectivity index (χ1v) is 9.62. The van der Waals surface area contributed by atoms with Crippen molar-refractivity contribution in [1.29, 1.82) is 0 Å². The van der Waals surface area contributed by atoms with Crippen LogP contribution < -0.4 is 4.90 Å². The van der Waals surface area contributed by atoms with Gasteiger partial charge in [-0.2, -0.15) is 9.61 Å². The molecule has 2 aliphatic heterocycles. The molecule has 4 heterocycles. The number of nitrogens with zero attached hydrogens (tertiary/aromatic N) is 5. The molecule has 0 unspecified atom stereocenters. The zero-order chi connectivity index (χ0) is 17.2. The second-order valence-corrected chi connectivity index (χ2v) is 7.42. The number of rotatable bonds is 5. The van der Waals surface area contributed by atoms with E-state index in [2.05, 4.69) is 32.9 Å². The minimum absolute atomic E-state index is 0.400. The van der Waals surface area contributed by atoms with Crippen LogP contribution in [-0.2, 0) is 4.74 Å². The monoisotopic (exact) mass is 343 g/mol. The number of hydrogen-bond donors (Lipinski definition) is 0. The molecule has 2 aromatic rings. The molecule has 0 aromatic carbocycles. The van der Waals surface area contributed by atoms with Gasteiger partial charge in [0.2, 0.25) is 0 Å². The number of aromatic nitrogens is 3. The SMILES string of the molecule is Cc1cc(N2CCC(OCCN3CCCC3)CC2)n2nc(C)cc2n1. The van der Waals surface area contributed by atoms with Gasteiger partial charge >= 0.3 is 0 Å². The lowest BCUT2D eigenvalue weighted by Gasteiger charge is -2.33. The van der Waals surface area contributed by atoms with Crippen molar-refractivity contribution >= 4 is 11.5 Å². The molecule has 0 N–H and O–H groups in total. The van der Waals surface area contributed by atoms with E-state index in [1.807, 2.05) is 17.5 Å². The Balaban J connectivity index is 1.34. The van der Waals surface area contributed by atoms with Gasteiger partial charge < -0.3 is 14.5 Å². The van der Waals surface area contributed by atoms with Crippen molar-refractivity contribution < 1.29 is 4.74 Å². The van der Waals surface area contributed by atoms with Gasteiger partial charge in [0.1, 0.15) is 5.82 Å². The third-order valence-corrected chi connectivity index (χ3v) is 5.38. The fourth-order valence-corrected chi connectivity index (χ4v) is 4.03. The third-order valence-electron chi connectivity index (χ3n) is 5.38. The first kappa shape index (κ1) is 16.8. The Bertz CT molecular complexity index is 714. The van der Waals surface area contributed by atoms with Crippen LogP contribution in [0.15, 0.2) is 12.1 Å². The first-order valence-electron chi connectivity index (χ1n) is 9.62. The molecule has 2 aromatic heterocycles. The second-order valence-electron chi connectivity index (χ2n) is 7.42. The molecule has 0 amide bonds. The lowest BCUT2D eigenvalue weighted by atomic mass is 10.1. The van der Waals surface area contributed by atoms with Gasteiger partial charge in [0.15, 0.2) is 5.65 Å². The molecule has 0 aliphatic carbocycles. The summed E-state index contributed by atoms with van der Waals surface area (Å²) in [6.45, 7) is 10.6. The van der Waals surface area contributed by atoms with Crippen molar-refractivity contribution in [3.63, 3.8) is 0 Å². The zero-order valence-electron chi connectivity index (χ0n) is 15.4. The summed E-state index contributed by atoms with van der Waals surface area (Å²) in [6.07, 6.45) is 5.28. The Kier molecular flexibility index (Phi) is 4.90. The van der Waals surface area contributed by atoms with Gasteiger partial charge in [-0.1, -0.05) is 0 Å². The first-order chi connectivity index (χ1) is 12.2. The summed E-state index contributed by atoms with van der Waals surface area (Å²) in [6, 6.07) is 4.19. The van der Waals surface area contributed by atoms with Gasteiger partial charge in [-0.3, -0.25) is 0 Å². The van der Waals surface area contributed by atoms with Crippen LogP contribution >= 0.6 is 0 Å². The van der Waals surface area contributed by atoms with Crippen LogP contribution in [0.5, 0.6) is 0 Å². The lowest BCUT2D eigenvalue weighted by Crippen LogP contribution is -2.39. The van der Waals surface area contributed by atoms with Crippen molar-refractivity contribution in [2.75, 3.05) is 44.2 Å². The van der Waals surface area contributed by atoms with E-state index in [9.17, 15) is 0 Å². The van der Waals surface area contributed by atoms with E-state index >= 15 is 0 Å². The van der Waals surface area contributed by atoms with Crippen LogP contribution in [0, 0.1) is 13.8 Å². The average molecular weight is 343 g/mol. The van der Waals surface area contributed by atoms with E-state index < -0.39 is 0 Å². The predicted molar refractivity (Wildman–Crippen MR) is 99.3 cm³/mol. The number of ether oxygens (including phenoxy) is 1. The Labute approximate surface area is 149 Å². The maximum atomic E-state index is 6.14. The van der Waals surface area contributed by atoms with Crippen molar-refractivity contribution in [3.8, 4) is 0 Å². The van der Waals surface area contributed by atoms with E-state index in [1.165, 1.54) is 25.9 Å². The van der Waals surface area contributed by atoms with Crippen LogP contribution in [0.1, 0.15) is 37.1 Å². The maximum Gasteiger partial charge on any atom is 0.157 e. The van der Waals surface area contributed by atoms with Crippen LogP contribution in [-0.4, -0.2) is 64.9 Å². The molecule has 6 heteroatoms. The summed E-state index contributed by atoms with van der Waals surface area (Å²) in [5.74, 6) is 1.16. The Morgan fingerprint density at radius 2 is 1.80 bits per heavy atom. The van der Waals surface area contributed by atoms with E-state index in [-0.39, 0.29) is 0 Å². The van der Waals surface area contributed by atoms with Crippen LogP contribution in [0.3, 0.4) is 0 Å². The zero-order valence-corrected chi connectivity index (χ0v) is 15.4. The summed E-state index contributed by atoms with van der Waals surface area (Å²) in [4.78, 5) is 9.53. The Morgan fingerprint density at radius 1 is 1.04 bits per heavy atom. The molecule has 2 aliphatic rings. The highest BCUT2D eigenvalue weighted by Gasteiger charge is 2.22. The smallest absolute Gasteiger partial charge is 0.157 e. The van der Waals surface area contributed by atoms with E-state index in [0.717, 1.165) is 61.9 Å². The van der Waals surface area contributed by atoms with E-state index in [1.54, 1.807) is 0 Å². The van der Waals surface area contributed by atoms with Gasteiger partial charge in [0, 0.05) is 37.5 Å². The maximum absolute atomic E-state index is 6.14. The van der Waals surface area contributed by atoms with Crippen LogP contribution in [0.4, 0.5) is 5.82 Å². The lowest BCUT2D eigenvalue weighted by molar-refractivity contribution is 0.0264. The fourth-order valence-electron chi connectivity index (χ4n) is 4.03. The number of aryl methyl sites for hydroxylation is 2. The number of fused-ring (bicyclic) bond motifs is 1. The largest absolute Gasteiger partial charge is 0.377 e. The van der Waals surface area contributed by atoms with Gasteiger partial charge in [-0.25, -0.2) is 4.98 Å². The quantitative estimate of drug-likeness (QED) is 0.834. The standard InChI is InChI=1S/C19H29N5O/c1-15-14-19(24-18(20-15)13-16(2)21-24)23-9-5-17(6-10-23)25-12-11-22-7-3-4-8-22/h13-14,17H,3-12H2,1-2H3. The third kappa shape index (κ3) is 3.80. The highest BCUT2D eigenvalue weighted by atomic mass is 16.5. The van der Waals surface area contributed by atoms with Crippen molar-refractivity contribution in [2.45, 2.75) is 45.6 Å². The van der Waals surface area contributed by atoms with Crippen LogP contribution in [0.25, 0.3) is 5.65 Å². The summed E-state index contributed by atoms with van der Waals surface area (Å²) < 4.78 is 8.12. The molecule has 6 nitrogen and oxygen atoms in total. The number of piperidine rings is 1. The van der Waals surface area contributed by atoms with Gasteiger partial charge in [-0.05, 0) is 52.6 Å². The topological polar surface area (TPSA) is 45.9 Å². The average Bonchev–Trinajstić information content (AvgIpc) is 3.23. The molecule has 0 spiro atoms. The van der Waals surface area contributed by atoms with Crippen molar-refractivity contribution in [1.82, 2.24) is 19.5 Å². The highest BCUT2D eigenvalue weighted by Crippen LogP contribution is 2.23. The molecular weight excluding hydrogens is 314 g/mol. The van der Waals surface area contributed by atoms with Crippen molar-refractivity contribution in [2.24, 2.45) is 0 Å². The molecule has 136 valence electrons. The molecule has 0 bridgehead atoms. The molecule has 2 fully saturated rings. The minimum Gasteiger partial charge on any atom is -0.377 e. The van der Waals surface area contributed by atoms with Gasteiger partial charge in [0.25, 0.3) is 0 Å². The summed E-state index contributed by atoms with van der Waals surface area (Å²) in [5.41, 5.74) is 3.00. The molecule has 4 rings (SSSR count). The normalized spacial score (nSPS) is 20.0.